The topological polar surface area (TPSA) is 141 Å². The number of likely N-dealkylation sites (tertiary alicyclic amines) is 1. The zero-order valence-corrected chi connectivity index (χ0v) is 19.5. The van der Waals surface area contributed by atoms with Crippen LogP contribution in [0.2, 0.25) is 0 Å². The minimum Gasteiger partial charge on any atom is -0.479 e. The van der Waals surface area contributed by atoms with Crippen molar-refractivity contribution < 1.29 is 13.5 Å². The maximum atomic E-state index is 14.0. The smallest absolute Gasteiger partial charge is 0.179 e. The molecule has 0 aliphatic carbocycles. The summed E-state index contributed by atoms with van der Waals surface area (Å²) in [6.45, 7) is 2.10. The van der Waals surface area contributed by atoms with Gasteiger partial charge in [-0.25, -0.2) is 13.3 Å². The minimum atomic E-state index is -1.15. The Balaban J connectivity index is 1.71. The normalized spacial score (nSPS) is 16.0. The third-order valence-electron chi connectivity index (χ3n) is 5.91. The van der Waals surface area contributed by atoms with E-state index in [1.807, 2.05) is 6.07 Å². The standard InChI is InChI=1S/C24H23F2N9O/c1-15(32-19-4-6-34(14-28)7-5-19)23(33-29)16-8-21(24-17(10-27)11-31-35(24)13-16)36-22(9-25)20-3-2-18(26)12-30-20/h2-3,8,11-13,19,22H,4-7,9,29H2,1H3/b32-15?,33-23+. The molecule has 1 saturated heterocycles. The Bertz CT molecular complexity index is 1380. The number of aliphatic imine (C=N–C) groups is 1. The number of pyridine rings is 2. The molecule has 4 heterocycles. The van der Waals surface area contributed by atoms with Crippen molar-refractivity contribution in [1.29, 1.82) is 10.5 Å². The SMILES string of the molecule is CC(=NC1CCN(C#N)CC1)/C(=N\N)c1cc(OC(CF)c2ccc(F)cn2)c2c(C#N)cnn2c1. The molecule has 1 fully saturated rings. The van der Waals surface area contributed by atoms with Crippen LogP contribution in [-0.4, -0.2) is 56.7 Å². The van der Waals surface area contributed by atoms with Crippen molar-refractivity contribution in [2.24, 2.45) is 15.9 Å². The number of nitrogens with two attached hydrogens (primary N) is 1. The van der Waals surface area contributed by atoms with Crippen LogP contribution < -0.4 is 10.6 Å². The highest BCUT2D eigenvalue weighted by atomic mass is 19.1. The number of hydrogen-bond acceptors (Lipinski definition) is 9. The molecule has 1 aliphatic rings. The second-order valence-electron chi connectivity index (χ2n) is 8.23. The van der Waals surface area contributed by atoms with Gasteiger partial charge in [-0.15, -0.1) is 0 Å². The van der Waals surface area contributed by atoms with Crippen LogP contribution in [0.3, 0.4) is 0 Å². The Hall–Kier alpha value is -4.58. The van der Waals surface area contributed by atoms with Crippen LogP contribution in [0.4, 0.5) is 8.78 Å². The van der Waals surface area contributed by atoms with Gasteiger partial charge in [0.05, 0.1) is 29.8 Å². The van der Waals surface area contributed by atoms with E-state index in [1.54, 1.807) is 24.1 Å². The zero-order valence-electron chi connectivity index (χ0n) is 19.5. The maximum absolute atomic E-state index is 14.0. The van der Waals surface area contributed by atoms with Crippen LogP contribution in [0.25, 0.3) is 5.52 Å². The number of halogens is 2. The molecule has 2 N–H and O–H groups in total. The number of rotatable bonds is 7. The van der Waals surface area contributed by atoms with Gasteiger partial charge in [0, 0.05) is 24.8 Å². The third kappa shape index (κ3) is 5.08. The highest BCUT2D eigenvalue weighted by Gasteiger charge is 2.23. The first-order valence-electron chi connectivity index (χ1n) is 11.2. The van der Waals surface area contributed by atoms with E-state index in [-0.39, 0.29) is 23.0 Å². The van der Waals surface area contributed by atoms with E-state index in [9.17, 15) is 14.0 Å². The summed E-state index contributed by atoms with van der Waals surface area (Å²) in [5, 5.41) is 26.7. The predicted molar refractivity (Wildman–Crippen MR) is 127 cm³/mol. The summed E-state index contributed by atoms with van der Waals surface area (Å²) in [6, 6.07) is 6.16. The van der Waals surface area contributed by atoms with E-state index in [2.05, 4.69) is 21.4 Å². The van der Waals surface area contributed by atoms with Gasteiger partial charge in [-0.05, 0) is 38.0 Å². The number of hydrogen-bond donors (Lipinski definition) is 1. The lowest BCUT2D eigenvalue weighted by molar-refractivity contribution is 0.164. The average Bonchev–Trinajstić information content (AvgIpc) is 3.32. The van der Waals surface area contributed by atoms with Gasteiger partial charge in [0.2, 0.25) is 0 Å². The number of nitrogens with zero attached hydrogens (tertiary/aromatic N) is 8. The minimum absolute atomic E-state index is 0.0150. The molecule has 0 amide bonds. The molecular weight excluding hydrogens is 468 g/mol. The molecular formula is C24H23F2N9O. The van der Waals surface area contributed by atoms with Gasteiger partial charge >= 0.3 is 0 Å². The summed E-state index contributed by atoms with van der Waals surface area (Å²) >= 11 is 0. The maximum Gasteiger partial charge on any atom is 0.179 e. The van der Waals surface area contributed by atoms with Crippen LogP contribution in [0, 0.1) is 28.6 Å². The molecule has 0 saturated carbocycles. The molecule has 4 rings (SSSR count). The second-order valence-corrected chi connectivity index (χ2v) is 8.23. The van der Waals surface area contributed by atoms with Gasteiger partial charge in [-0.1, -0.05) is 0 Å². The lowest BCUT2D eigenvalue weighted by Crippen LogP contribution is -2.32. The summed E-state index contributed by atoms with van der Waals surface area (Å²) in [7, 11) is 0. The van der Waals surface area contributed by atoms with Crippen LogP contribution in [0.5, 0.6) is 5.75 Å². The van der Waals surface area contributed by atoms with Crippen molar-refractivity contribution in [3.63, 3.8) is 0 Å². The Morgan fingerprint density at radius 3 is 2.69 bits per heavy atom. The Morgan fingerprint density at radius 1 is 1.31 bits per heavy atom. The van der Waals surface area contributed by atoms with Crippen LogP contribution in [0.1, 0.15) is 42.7 Å². The molecule has 36 heavy (non-hydrogen) atoms. The van der Waals surface area contributed by atoms with Crippen molar-refractivity contribution >= 4 is 16.9 Å². The number of fused-ring (bicyclic) bond motifs is 1. The van der Waals surface area contributed by atoms with Crippen molar-refractivity contribution in [2.45, 2.75) is 31.9 Å². The molecule has 10 nitrogen and oxygen atoms in total. The lowest BCUT2D eigenvalue weighted by atomic mass is 10.0. The quantitative estimate of drug-likeness (QED) is 0.232. The largest absolute Gasteiger partial charge is 0.479 e. The fourth-order valence-electron chi connectivity index (χ4n) is 4.09. The number of alkyl halides is 1. The van der Waals surface area contributed by atoms with Crippen molar-refractivity contribution in [2.75, 3.05) is 19.8 Å². The molecule has 12 heteroatoms. The molecule has 184 valence electrons. The van der Waals surface area contributed by atoms with Gasteiger partial charge in [0.15, 0.2) is 12.3 Å². The zero-order chi connectivity index (χ0) is 25.7. The van der Waals surface area contributed by atoms with Gasteiger partial charge in [0.25, 0.3) is 0 Å². The van der Waals surface area contributed by atoms with Gasteiger partial charge < -0.3 is 15.5 Å². The van der Waals surface area contributed by atoms with E-state index >= 15 is 0 Å². The highest BCUT2D eigenvalue weighted by Crippen LogP contribution is 2.30. The molecule has 1 atom stereocenters. The van der Waals surface area contributed by atoms with Gasteiger partial charge in [-0.3, -0.25) is 9.98 Å². The van der Waals surface area contributed by atoms with E-state index in [0.717, 1.165) is 19.0 Å². The summed E-state index contributed by atoms with van der Waals surface area (Å²) in [6.07, 6.45) is 6.43. The van der Waals surface area contributed by atoms with Gasteiger partial charge in [0.1, 0.15) is 41.1 Å². The first-order chi connectivity index (χ1) is 17.5. The molecule has 1 unspecified atom stereocenters. The highest BCUT2D eigenvalue weighted by molar-refractivity contribution is 6.47. The summed E-state index contributed by atoms with van der Waals surface area (Å²) in [4.78, 5) is 10.4. The van der Waals surface area contributed by atoms with Crippen LogP contribution in [-0.2, 0) is 0 Å². The molecule has 3 aromatic rings. The van der Waals surface area contributed by atoms with Crippen molar-refractivity contribution in [3.8, 4) is 18.0 Å². The first kappa shape index (κ1) is 24.5. The van der Waals surface area contributed by atoms with Gasteiger partial charge in [-0.2, -0.15) is 20.7 Å². The monoisotopic (exact) mass is 491 g/mol. The molecule has 0 aromatic carbocycles. The van der Waals surface area contributed by atoms with E-state index < -0.39 is 18.6 Å². The lowest BCUT2D eigenvalue weighted by Gasteiger charge is -2.26. The van der Waals surface area contributed by atoms with Crippen LogP contribution in [0.15, 0.2) is 46.9 Å². The number of piperidine rings is 1. The average molecular weight is 492 g/mol. The van der Waals surface area contributed by atoms with Crippen molar-refractivity contribution in [3.05, 3.63) is 59.4 Å². The first-order valence-corrected chi connectivity index (χ1v) is 11.2. The number of ether oxygens (including phenoxy) is 1. The number of nitriles is 2. The summed E-state index contributed by atoms with van der Waals surface area (Å²) in [5.74, 6) is 5.34. The fraction of sp³-hybridized carbons (Fsp3) is 0.333. The molecule has 1 aliphatic heterocycles. The van der Waals surface area contributed by atoms with E-state index in [4.69, 9.17) is 20.8 Å². The second kappa shape index (κ2) is 10.8. The number of hydrazone groups is 1. The fourth-order valence-corrected chi connectivity index (χ4v) is 4.09. The van der Waals surface area contributed by atoms with Crippen LogP contribution >= 0.6 is 0 Å². The Kier molecular flexibility index (Phi) is 7.35. The number of aromatic nitrogens is 3. The van der Waals surface area contributed by atoms with Crippen molar-refractivity contribution in [1.82, 2.24) is 19.5 Å². The Morgan fingerprint density at radius 2 is 2.08 bits per heavy atom. The molecule has 3 aromatic heterocycles. The molecule has 0 radical (unpaired) electrons. The summed E-state index contributed by atoms with van der Waals surface area (Å²) < 4.78 is 34.7. The predicted octanol–water partition coefficient (Wildman–Crippen LogP) is 2.90. The Labute approximate surface area is 205 Å². The molecule has 0 bridgehead atoms. The summed E-state index contributed by atoms with van der Waals surface area (Å²) in [5.41, 5.74) is 2.18. The third-order valence-corrected chi connectivity index (χ3v) is 5.91. The molecule has 0 spiro atoms. The van der Waals surface area contributed by atoms with E-state index in [1.165, 1.54) is 22.8 Å². The van der Waals surface area contributed by atoms with E-state index in [0.29, 0.717) is 35.6 Å².